The van der Waals surface area contributed by atoms with Gasteiger partial charge in [-0.25, -0.2) is 8.78 Å². The molecule has 0 aromatic heterocycles. The lowest BCUT2D eigenvalue weighted by atomic mass is 10.1. The fourth-order valence-electron chi connectivity index (χ4n) is 2.22. The number of halogens is 3. The Morgan fingerprint density at radius 3 is 2.26 bits per heavy atom. The van der Waals surface area contributed by atoms with Gasteiger partial charge in [0.25, 0.3) is 0 Å². The topological polar surface area (TPSA) is 41.1 Å². The second kappa shape index (κ2) is 7.66. The molecule has 2 aromatic rings. The van der Waals surface area contributed by atoms with Crippen molar-refractivity contribution in [3.05, 3.63) is 64.1 Å². The summed E-state index contributed by atoms with van der Waals surface area (Å²) in [7, 11) is 0. The van der Waals surface area contributed by atoms with Crippen LogP contribution >= 0.6 is 15.9 Å². The van der Waals surface area contributed by atoms with Gasteiger partial charge in [0.2, 0.25) is 5.91 Å². The first-order valence-corrected chi connectivity index (χ1v) is 7.94. The van der Waals surface area contributed by atoms with E-state index in [0.717, 1.165) is 22.2 Å². The van der Waals surface area contributed by atoms with Crippen LogP contribution in [0.15, 0.2) is 46.9 Å². The Morgan fingerprint density at radius 1 is 1.04 bits per heavy atom. The van der Waals surface area contributed by atoms with Crippen LogP contribution < -0.4 is 10.6 Å². The van der Waals surface area contributed by atoms with Crippen molar-refractivity contribution < 1.29 is 13.6 Å². The van der Waals surface area contributed by atoms with Gasteiger partial charge in [0.1, 0.15) is 17.3 Å². The Kier molecular flexibility index (Phi) is 5.85. The van der Waals surface area contributed by atoms with Gasteiger partial charge in [-0.3, -0.25) is 10.1 Å². The van der Waals surface area contributed by atoms with Crippen LogP contribution in [0.25, 0.3) is 0 Å². The molecular weight excluding hydrogens is 366 g/mol. The Labute approximate surface area is 142 Å². The van der Waals surface area contributed by atoms with Crippen molar-refractivity contribution in [1.82, 2.24) is 5.32 Å². The molecule has 122 valence electrons. The minimum absolute atomic E-state index is 0.114. The highest BCUT2D eigenvalue weighted by atomic mass is 79.9. The smallest absolute Gasteiger partial charge is 0.241 e. The van der Waals surface area contributed by atoms with Gasteiger partial charge in [0.15, 0.2) is 0 Å². The fourth-order valence-corrected chi connectivity index (χ4v) is 2.84. The van der Waals surface area contributed by atoms with Crippen LogP contribution in [0.3, 0.4) is 0 Å². The Morgan fingerprint density at radius 2 is 1.65 bits per heavy atom. The maximum Gasteiger partial charge on any atom is 0.241 e. The van der Waals surface area contributed by atoms with Gasteiger partial charge in [-0.1, -0.05) is 40.2 Å². The average molecular weight is 383 g/mol. The molecule has 0 saturated carbocycles. The molecule has 1 amide bonds. The molecule has 3 nitrogen and oxygen atoms in total. The molecule has 0 heterocycles. The zero-order chi connectivity index (χ0) is 17.0. The molecule has 0 fully saturated rings. The van der Waals surface area contributed by atoms with Crippen molar-refractivity contribution in [1.29, 1.82) is 0 Å². The summed E-state index contributed by atoms with van der Waals surface area (Å²) in [6.07, 6.45) is 0. The highest BCUT2D eigenvalue weighted by Gasteiger charge is 2.20. The van der Waals surface area contributed by atoms with Crippen molar-refractivity contribution >= 4 is 27.5 Å². The largest absolute Gasteiger partial charge is 0.320 e. The standard InChI is InChI=1S/C17H17BrF2N2O/c1-10(12-6-3-4-7-13(12)18)21-11(2)17(23)22-16-14(19)8-5-9-15(16)20/h3-11,21H,1-2H3,(H,22,23)/t10-,11-/m1/s1. The van der Waals surface area contributed by atoms with Crippen molar-refractivity contribution in [2.45, 2.75) is 25.9 Å². The third kappa shape index (κ3) is 4.36. The average Bonchev–Trinajstić information content (AvgIpc) is 2.51. The monoisotopic (exact) mass is 382 g/mol. The predicted molar refractivity (Wildman–Crippen MR) is 90.1 cm³/mol. The molecule has 2 aromatic carbocycles. The molecule has 0 aliphatic rings. The minimum atomic E-state index is -0.801. The number of hydrogen-bond donors (Lipinski definition) is 2. The highest BCUT2D eigenvalue weighted by Crippen LogP contribution is 2.23. The lowest BCUT2D eigenvalue weighted by Crippen LogP contribution is -2.39. The molecule has 0 saturated heterocycles. The molecule has 6 heteroatoms. The normalized spacial score (nSPS) is 13.4. The molecule has 0 aliphatic heterocycles. The Bertz CT molecular complexity index is 688. The van der Waals surface area contributed by atoms with E-state index in [0.29, 0.717) is 0 Å². The molecule has 2 rings (SSSR count). The molecular formula is C17H17BrF2N2O. The molecule has 0 radical (unpaired) electrons. The molecule has 23 heavy (non-hydrogen) atoms. The Hall–Kier alpha value is -1.79. The van der Waals surface area contributed by atoms with E-state index in [2.05, 4.69) is 26.6 Å². The number of para-hydroxylation sites is 1. The number of benzene rings is 2. The summed E-state index contributed by atoms with van der Waals surface area (Å²) in [5.74, 6) is -2.11. The first kappa shape index (κ1) is 17.6. The Balaban J connectivity index is 2.04. The van der Waals surface area contributed by atoms with E-state index >= 15 is 0 Å². The van der Waals surface area contributed by atoms with E-state index in [1.54, 1.807) is 6.92 Å². The number of nitrogens with one attached hydrogen (secondary N) is 2. The second-order valence-corrected chi connectivity index (χ2v) is 6.07. The first-order chi connectivity index (χ1) is 10.9. The van der Waals surface area contributed by atoms with E-state index in [1.165, 1.54) is 6.07 Å². The van der Waals surface area contributed by atoms with Gasteiger partial charge >= 0.3 is 0 Å². The van der Waals surface area contributed by atoms with Crippen LogP contribution in [0, 0.1) is 11.6 Å². The van der Waals surface area contributed by atoms with Crippen LogP contribution in [-0.2, 0) is 4.79 Å². The SMILES string of the molecule is C[C@@H](N[C@H](C)c1ccccc1Br)C(=O)Nc1c(F)cccc1F. The van der Waals surface area contributed by atoms with Crippen molar-refractivity contribution in [2.24, 2.45) is 0 Å². The van der Waals surface area contributed by atoms with Crippen molar-refractivity contribution in [3.63, 3.8) is 0 Å². The summed E-state index contributed by atoms with van der Waals surface area (Å²) >= 11 is 3.46. The molecule has 0 bridgehead atoms. The number of hydrogen-bond acceptors (Lipinski definition) is 2. The molecule has 0 unspecified atom stereocenters. The van der Waals surface area contributed by atoms with Gasteiger partial charge < -0.3 is 5.32 Å². The van der Waals surface area contributed by atoms with Crippen LogP contribution in [0.2, 0.25) is 0 Å². The summed E-state index contributed by atoms with van der Waals surface area (Å²) in [6.45, 7) is 3.55. The maximum atomic E-state index is 13.6. The fraction of sp³-hybridized carbons (Fsp3) is 0.235. The van der Waals surface area contributed by atoms with Gasteiger partial charge in [0, 0.05) is 10.5 Å². The number of carbonyl (C=O) groups is 1. The van der Waals surface area contributed by atoms with E-state index in [-0.39, 0.29) is 6.04 Å². The third-order valence-electron chi connectivity index (χ3n) is 3.48. The van der Waals surface area contributed by atoms with Crippen LogP contribution in [-0.4, -0.2) is 11.9 Å². The number of carbonyl (C=O) groups excluding carboxylic acids is 1. The predicted octanol–water partition coefficient (Wildman–Crippen LogP) is 4.41. The van der Waals surface area contributed by atoms with Crippen molar-refractivity contribution in [3.8, 4) is 0 Å². The molecule has 2 N–H and O–H groups in total. The minimum Gasteiger partial charge on any atom is -0.320 e. The van der Waals surface area contributed by atoms with Crippen molar-refractivity contribution in [2.75, 3.05) is 5.32 Å². The highest BCUT2D eigenvalue weighted by molar-refractivity contribution is 9.10. The van der Waals surface area contributed by atoms with Crippen LogP contribution in [0.4, 0.5) is 14.5 Å². The van der Waals surface area contributed by atoms with Gasteiger partial charge in [-0.2, -0.15) is 0 Å². The third-order valence-corrected chi connectivity index (χ3v) is 4.20. The van der Waals surface area contributed by atoms with E-state index in [4.69, 9.17) is 0 Å². The zero-order valence-electron chi connectivity index (χ0n) is 12.7. The van der Waals surface area contributed by atoms with Crippen LogP contribution in [0.1, 0.15) is 25.5 Å². The second-order valence-electron chi connectivity index (χ2n) is 5.22. The lowest BCUT2D eigenvalue weighted by Gasteiger charge is -2.21. The summed E-state index contributed by atoms with van der Waals surface area (Å²) in [4.78, 5) is 12.1. The lowest BCUT2D eigenvalue weighted by molar-refractivity contribution is -0.118. The maximum absolute atomic E-state index is 13.6. The number of rotatable bonds is 5. The zero-order valence-corrected chi connectivity index (χ0v) is 14.3. The first-order valence-electron chi connectivity index (χ1n) is 7.15. The number of amides is 1. The van der Waals surface area contributed by atoms with E-state index < -0.39 is 29.3 Å². The molecule has 2 atom stereocenters. The quantitative estimate of drug-likeness (QED) is 0.804. The van der Waals surface area contributed by atoms with Crippen LogP contribution in [0.5, 0.6) is 0 Å². The summed E-state index contributed by atoms with van der Waals surface area (Å²) in [5, 5.41) is 5.40. The molecule has 0 spiro atoms. The summed E-state index contributed by atoms with van der Waals surface area (Å²) < 4.78 is 28.1. The molecule has 0 aliphatic carbocycles. The number of anilines is 1. The van der Waals surface area contributed by atoms with E-state index in [1.807, 2.05) is 31.2 Å². The van der Waals surface area contributed by atoms with Gasteiger partial charge in [0.05, 0.1) is 6.04 Å². The summed E-state index contributed by atoms with van der Waals surface area (Å²) in [6, 6.07) is 10.3. The van der Waals surface area contributed by atoms with E-state index in [9.17, 15) is 13.6 Å². The van der Waals surface area contributed by atoms with Gasteiger partial charge in [-0.05, 0) is 37.6 Å². The van der Waals surface area contributed by atoms with Gasteiger partial charge in [-0.15, -0.1) is 0 Å². The summed E-state index contributed by atoms with van der Waals surface area (Å²) in [5.41, 5.74) is 0.559.